The molecule has 2 heteroatoms. The summed E-state index contributed by atoms with van der Waals surface area (Å²) < 4.78 is 0. The van der Waals surface area contributed by atoms with E-state index in [2.05, 4.69) is 43.0 Å². The van der Waals surface area contributed by atoms with Crippen molar-refractivity contribution in [3.05, 3.63) is 12.4 Å². The molecule has 0 fully saturated rings. The summed E-state index contributed by atoms with van der Waals surface area (Å²) >= 11 is 0. The fraction of sp³-hybridized carbons (Fsp3) is 0.900. The van der Waals surface area contributed by atoms with Gasteiger partial charge in [0.05, 0.1) is 0 Å². The van der Waals surface area contributed by atoms with Crippen molar-refractivity contribution in [3.8, 4) is 0 Å². The molecule has 1 aliphatic rings. The number of hydrogen-bond donors (Lipinski definition) is 0. The Hall–Kier alpha value is -0.660. The van der Waals surface area contributed by atoms with E-state index in [9.17, 15) is 0 Å². The highest BCUT2D eigenvalue weighted by Gasteiger charge is 2.23. The van der Waals surface area contributed by atoms with Crippen LogP contribution in [0.1, 0.15) is 97.8 Å². The van der Waals surface area contributed by atoms with E-state index in [1.165, 1.54) is 83.6 Å². The van der Waals surface area contributed by atoms with Gasteiger partial charge in [-0.25, -0.2) is 0 Å². The van der Waals surface area contributed by atoms with Gasteiger partial charge < -0.3 is 9.80 Å². The molecular formula is C20H40N2. The molecule has 130 valence electrons. The lowest BCUT2D eigenvalue weighted by Crippen LogP contribution is -2.38. The smallest absolute Gasteiger partial charge is 0.101 e. The highest BCUT2D eigenvalue weighted by atomic mass is 15.4. The first-order valence-corrected chi connectivity index (χ1v) is 10.0. The first-order chi connectivity index (χ1) is 10.8. The van der Waals surface area contributed by atoms with Crippen LogP contribution in [0.4, 0.5) is 0 Å². The third kappa shape index (κ3) is 7.56. The van der Waals surface area contributed by atoms with E-state index in [1.54, 1.807) is 0 Å². The predicted octanol–water partition coefficient (Wildman–Crippen LogP) is 6.14. The van der Waals surface area contributed by atoms with Crippen LogP contribution in [0, 0.1) is 0 Å². The first-order valence-electron chi connectivity index (χ1n) is 10.0. The van der Waals surface area contributed by atoms with Crippen molar-refractivity contribution < 1.29 is 0 Å². The summed E-state index contributed by atoms with van der Waals surface area (Å²) in [4.78, 5) is 5.12. The van der Waals surface area contributed by atoms with Gasteiger partial charge in [-0.05, 0) is 26.2 Å². The van der Waals surface area contributed by atoms with E-state index in [0.29, 0.717) is 6.17 Å². The van der Waals surface area contributed by atoms with Gasteiger partial charge >= 0.3 is 0 Å². The zero-order valence-corrected chi connectivity index (χ0v) is 15.5. The second-order valence-corrected chi connectivity index (χ2v) is 6.82. The van der Waals surface area contributed by atoms with Crippen molar-refractivity contribution in [1.29, 1.82) is 0 Å². The standard InChI is InChI=1S/C20H40N2/c1-4-7-9-11-12-13-15-17-22-19-18-21(6-3)20(22)16-14-10-8-5-2/h18-20H,4-17H2,1-3H3. The highest BCUT2D eigenvalue weighted by molar-refractivity contribution is 4.96. The van der Waals surface area contributed by atoms with Crippen molar-refractivity contribution in [1.82, 2.24) is 9.80 Å². The van der Waals surface area contributed by atoms with E-state index in [0.717, 1.165) is 6.54 Å². The Balaban J connectivity index is 2.17. The lowest BCUT2D eigenvalue weighted by molar-refractivity contribution is 0.142. The molecule has 2 nitrogen and oxygen atoms in total. The molecule has 0 N–H and O–H groups in total. The summed E-state index contributed by atoms with van der Waals surface area (Å²) in [6.07, 6.45) is 22.0. The molecule has 0 saturated carbocycles. The third-order valence-corrected chi connectivity index (χ3v) is 4.92. The van der Waals surface area contributed by atoms with Gasteiger partial charge in [0.15, 0.2) is 0 Å². The molecule has 1 heterocycles. The highest BCUT2D eigenvalue weighted by Crippen LogP contribution is 2.22. The molecule has 1 aliphatic heterocycles. The van der Waals surface area contributed by atoms with Crippen LogP contribution in [0.5, 0.6) is 0 Å². The SMILES string of the molecule is CCCCCCCCCN1C=CN(CC)C1CCCCCC. The van der Waals surface area contributed by atoms with Crippen LogP contribution in [0.2, 0.25) is 0 Å². The van der Waals surface area contributed by atoms with Crippen LogP contribution in [-0.2, 0) is 0 Å². The summed E-state index contributed by atoms with van der Waals surface area (Å²) in [5, 5.41) is 0. The molecule has 0 saturated heterocycles. The van der Waals surface area contributed by atoms with Gasteiger partial charge in [0.25, 0.3) is 0 Å². The monoisotopic (exact) mass is 308 g/mol. The minimum Gasteiger partial charge on any atom is -0.356 e. The summed E-state index contributed by atoms with van der Waals surface area (Å²) in [7, 11) is 0. The van der Waals surface area contributed by atoms with Crippen molar-refractivity contribution in [3.63, 3.8) is 0 Å². The minimum absolute atomic E-state index is 0.641. The minimum atomic E-state index is 0.641. The molecule has 0 aliphatic carbocycles. The van der Waals surface area contributed by atoms with Crippen molar-refractivity contribution in [2.24, 2.45) is 0 Å². The molecule has 0 radical (unpaired) electrons. The topological polar surface area (TPSA) is 6.48 Å². The summed E-state index contributed by atoms with van der Waals surface area (Å²) in [6.45, 7) is 9.25. The quantitative estimate of drug-likeness (QED) is 0.355. The fourth-order valence-corrected chi connectivity index (χ4v) is 3.44. The Bertz CT molecular complexity index is 275. The van der Waals surface area contributed by atoms with Crippen LogP contribution in [0.3, 0.4) is 0 Å². The van der Waals surface area contributed by atoms with Crippen LogP contribution >= 0.6 is 0 Å². The zero-order valence-electron chi connectivity index (χ0n) is 15.5. The van der Waals surface area contributed by atoms with Crippen molar-refractivity contribution >= 4 is 0 Å². The summed E-state index contributed by atoms with van der Waals surface area (Å²) in [5.41, 5.74) is 0. The molecule has 22 heavy (non-hydrogen) atoms. The van der Waals surface area contributed by atoms with E-state index < -0.39 is 0 Å². The molecule has 0 amide bonds. The lowest BCUT2D eigenvalue weighted by Gasteiger charge is -2.32. The first kappa shape index (κ1) is 19.4. The van der Waals surface area contributed by atoms with Gasteiger partial charge in [0.1, 0.15) is 6.17 Å². The summed E-state index contributed by atoms with van der Waals surface area (Å²) in [5.74, 6) is 0. The average Bonchev–Trinajstić information content (AvgIpc) is 2.93. The predicted molar refractivity (Wildman–Crippen MR) is 98.8 cm³/mol. The van der Waals surface area contributed by atoms with E-state index in [-0.39, 0.29) is 0 Å². The van der Waals surface area contributed by atoms with Crippen LogP contribution in [-0.4, -0.2) is 29.1 Å². The van der Waals surface area contributed by atoms with Gasteiger partial charge in [-0.1, -0.05) is 71.6 Å². The van der Waals surface area contributed by atoms with Crippen molar-refractivity contribution in [2.45, 2.75) is 104 Å². The van der Waals surface area contributed by atoms with Gasteiger partial charge in [-0.15, -0.1) is 0 Å². The number of unbranched alkanes of at least 4 members (excludes halogenated alkanes) is 9. The molecule has 0 aromatic heterocycles. The second kappa shape index (κ2) is 12.8. The Morgan fingerprint density at radius 2 is 1.18 bits per heavy atom. The molecule has 1 atom stereocenters. The Labute approximate surface area is 139 Å². The second-order valence-electron chi connectivity index (χ2n) is 6.82. The average molecular weight is 309 g/mol. The maximum Gasteiger partial charge on any atom is 0.101 e. The molecule has 1 unspecified atom stereocenters. The molecule has 0 bridgehead atoms. The zero-order chi connectivity index (χ0) is 16.0. The Kier molecular flexibility index (Phi) is 11.3. The van der Waals surface area contributed by atoms with Crippen LogP contribution in [0.25, 0.3) is 0 Å². The number of nitrogens with zero attached hydrogens (tertiary/aromatic N) is 2. The van der Waals surface area contributed by atoms with Gasteiger partial charge in [0, 0.05) is 25.5 Å². The Morgan fingerprint density at radius 1 is 0.636 bits per heavy atom. The van der Waals surface area contributed by atoms with Gasteiger partial charge in [-0.3, -0.25) is 0 Å². The molecule has 1 rings (SSSR count). The molecule has 0 aromatic carbocycles. The molecule has 0 spiro atoms. The van der Waals surface area contributed by atoms with Crippen molar-refractivity contribution in [2.75, 3.05) is 13.1 Å². The molecule has 0 aromatic rings. The van der Waals surface area contributed by atoms with Crippen LogP contribution < -0.4 is 0 Å². The largest absolute Gasteiger partial charge is 0.356 e. The van der Waals surface area contributed by atoms with Crippen LogP contribution in [0.15, 0.2) is 12.4 Å². The van der Waals surface area contributed by atoms with E-state index >= 15 is 0 Å². The maximum absolute atomic E-state index is 2.60. The van der Waals surface area contributed by atoms with E-state index in [4.69, 9.17) is 0 Å². The number of hydrogen-bond acceptors (Lipinski definition) is 2. The Morgan fingerprint density at radius 3 is 1.82 bits per heavy atom. The van der Waals surface area contributed by atoms with Gasteiger partial charge in [-0.2, -0.15) is 0 Å². The number of rotatable bonds is 14. The fourth-order valence-electron chi connectivity index (χ4n) is 3.44. The lowest BCUT2D eigenvalue weighted by atomic mass is 10.1. The third-order valence-electron chi connectivity index (χ3n) is 4.92. The maximum atomic E-state index is 2.60. The summed E-state index contributed by atoms with van der Waals surface area (Å²) in [6, 6.07) is 0. The molecular weight excluding hydrogens is 268 g/mol. The van der Waals surface area contributed by atoms with E-state index in [1.807, 2.05) is 0 Å². The normalized spacial score (nSPS) is 17.7. The van der Waals surface area contributed by atoms with Gasteiger partial charge in [0.2, 0.25) is 0 Å².